The molecule has 1 aromatic rings. The zero-order chi connectivity index (χ0) is 12.6. The Kier molecular flexibility index (Phi) is 3.06. The summed E-state index contributed by atoms with van der Waals surface area (Å²) in [6.07, 6.45) is 3.87. The van der Waals surface area contributed by atoms with Crippen molar-refractivity contribution in [1.82, 2.24) is 5.32 Å². The summed E-state index contributed by atoms with van der Waals surface area (Å²) in [7, 11) is 0. The van der Waals surface area contributed by atoms with Gasteiger partial charge in [-0.15, -0.1) is 0 Å². The van der Waals surface area contributed by atoms with Crippen molar-refractivity contribution in [3.8, 4) is 5.75 Å². The molecule has 1 aliphatic heterocycles. The van der Waals surface area contributed by atoms with E-state index in [0.29, 0.717) is 11.5 Å². The molecule has 0 aromatic heterocycles. The van der Waals surface area contributed by atoms with Crippen LogP contribution in [0.2, 0.25) is 0 Å². The molecule has 0 spiro atoms. The number of fused-ring (bicyclic) bond motifs is 1. The Balaban J connectivity index is 1.68. The van der Waals surface area contributed by atoms with Crippen molar-refractivity contribution in [2.45, 2.75) is 39.2 Å². The molecule has 0 bridgehead atoms. The van der Waals surface area contributed by atoms with Crippen LogP contribution in [0.25, 0.3) is 0 Å². The number of rotatable bonds is 4. The van der Waals surface area contributed by atoms with Crippen molar-refractivity contribution in [2.24, 2.45) is 11.3 Å². The first kappa shape index (κ1) is 12.0. The van der Waals surface area contributed by atoms with Gasteiger partial charge in [0.1, 0.15) is 5.75 Å². The van der Waals surface area contributed by atoms with Gasteiger partial charge in [-0.25, -0.2) is 0 Å². The van der Waals surface area contributed by atoms with E-state index in [1.54, 1.807) is 0 Å². The van der Waals surface area contributed by atoms with E-state index in [9.17, 15) is 0 Å². The van der Waals surface area contributed by atoms with Crippen molar-refractivity contribution in [3.05, 3.63) is 29.8 Å². The van der Waals surface area contributed by atoms with E-state index in [0.717, 1.165) is 31.2 Å². The Morgan fingerprint density at radius 2 is 2.11 bits per heavy atom. The fourth-order valence-corrected chi connectivity index (χ4v) is 3.00. The molecule has 1 aliphatic carbocycles. The van der Waals surface area contributed by atoms with Crippen molar-refractivity contribution < 1.29 is 4.74 Å². The van der Waals surface area contributed by atoms with Crippen molar-refractivity contribution in [1.29, 1.82) is 0 Å². The molecule has 0 radical (unpaired) electrons. The highest BCUT2D eigenvalue weighted by molar-refractivity contribution is 5.37. The van der Waals surface area contributed by atoms with Gasteiger partial charge >= 0.3 is 0 Å². The first-order valence-corrected chi connectivity index (χ1v) is 7.16. The van der Waals surface area contributed by atoms with E-state index in [1.165, 1.54) is 18.4 Å². The summed E-state index contributed by atoms with van der Waals surface area (Å²) >= 11 is 0. The van der Waals surface area contributed by atoms with Crippen molar-refractivity contribution in [3.63, 3.8) is 0 Å². The zero-order valence-corrected chi connectivity index (χ0v) is 11.4. The average Bonchev–Trinajstić information content (AvgIpc) is 3.17. The molecule has 1 saturated carbocycles. The Labute approximate surface area is 110 Å². The molecule has 2 aliphatic rings. The van der Waals surface area contributed by atoms with E-state index < -0.39 is 0 Å². The molecule has 1 aromatic carbocycles. The van der Waals surface area contributed by atoms with Gasteiger partial charge in [0.25, 0.3) is 0 Å². The summed E-state index contributed by atoms with van der Waals surface area (Å²) in [4.78, 5) is 0. The maximum absolute atomic E-state index is 5.71. The van der Waals surface area contributed by atoms with E-state index in [2.05, 4.69) is 43.4 Å². The molecule has 1 heterocycles. The molecule has 18 heavy (non-hydrogen) atoms. The second-order valence-electron chi connectivity index (χ2n) is 6.13. The molecular formula is C16H23NO. The van der Waals surface area contributed by atoms with Crippen molar-refractivity contribution >= 4 is 0 Å². The minimum Gasteiger partial charge on any atom is -0.493 e. The SMILES string of the molecule is CC(C)C1(CNC2CCOc3ccccc32)CC1. The Morgan fingerprint density at radius 3 is 2.83 bits per heavy atom. The van der Waals surface area contributed by atoms with Gasteiger partial charge in [0.05, 0.1) is 6.61 Å². The molecular weight excluding hydrogens is 222 g/mol. The van der Waals surface area contributed by atoms with Crippen LogP contribution < -0.4 is 10.1 Å². The zero-order valence-electron chi connectivity index (χ0n) is 11.4. The predicted molar refractivity (Wildman–Crippen MR) is 73.8 cm³/mol. The van der Waals surface area contributed by atoms with E-state index in [1.807, 2.05) is 0 Å². The van der Waals surface area contributed by atoms with Gasteiger partial charge in [0.15, 0.2) is 0 Å². The van der Waals surface area contributed by atoms with E-state index in [-0.39, 0.29) is 0 Å². The van der Waals surface area contributed by atoms with Gasteiger partial charge in [-0.1, -0.05) is 32.0 Å². The summed E-state index contributed by atoms with van der Waals surface area (Å²) in [5.74, 6) is 1.86. The van der Waals surface area contributed by atoms with Crippen LogP contribution >= 0.6 is 0 Å². The average molecular weight is 245 g/mol. The third-order valence-corrected chi connectivity index (χ3v) is 4.78. The topological polar surface area (TPSA) is 21.3 Å². The number of hydrogen-bond acceptors (Lipinski definition) is 2. The lowest BCUT2D eigenvalue weighted by molar-refractivity contribution is 0.238. The lowest BCUT2D eigenvalue weighted by Gasteiger charge is -2.29. The fourth-order valence-electron chi connectivity index (χ4n) is 3.00. The summed E-state index contributed by atoms with van der Waals surface area (Å²) in [6, 6.07) is 8.92. The molecule has 1 fully saturated rings. The fraction of sp³-hybridized carbons (Fsp3) is 0.625. The monoisotopic (exact) mass is 245 g/mol. The lowest BCUT2D eigenvalue weighted by Crippen LogP contribution is -2.33. The minimum absolute atomic E-state index is 0.478. The molecule has 3 rings (SSSR count). The molecule has 1 atom stereocenters. The molecule has 1 unspecified atom stereocenters. The highest BCUT2D eigenvalue weighted by Gasteiger charge is 2.45. The standard InChI is InChI=1S/C16H23NO/c1-12(2)16(8-9-16)11-17-14-7-10-18-15-6-4-3-5-13(14)15/h3-6,12,14,17H,7-11H2,1-2H3. The lowest BCUT2D eigenvalue weighted by atomic mass is 9.91. The third kappa shape index (κ3) is 2.14. The maximum Gasteiger partial charge on any atom is 0.124 e. The summed E-state index contributed by atoms with van der Waals surface area (Å²) in [5.41, 5.74) is 1.91. The Bertz CT molecular complexity index is 423. The predicted octanol–water partition coefficient (Wildman–Crippen LogP) is 3.54. The van der Waals surface area contributed by atoms with Gasteiger partial charge < -0.3 is 10.1 Å². The molecule has 2 heteroatoms. The summed E-state index contributed by atoms with van der Waals surface area (Å²) < 4.78 is 5.71. The second-order valence-corrected chi connectivity index (χ2v) is 6.13. The first-order valence-electron chi connectivity index (χ1n) is 7.16. The van der Waals surface area contributed by atoms with Crippen LogP contribution in [0, 0.1) is 11.3 Å². The normalized spacial score (nSPS) is 24.5. The van der Waals surface area contributed by atoms with Crippen LogP contribution in [0.5, 0.6) is 5.75 Å². The molecule has 0 amide bonds. The smallest absolute Gasteiger partial charge is 0.124 e. The van der Waals surface area contributed by atoms with Crippen LogP contribution in [-0.2, 0) is 0 Å². The molecule has 1 N–H and O–H groups in total. The van der Waals surface area contributed by atoms with Gasteiger partial charge in [-0.05, 0) is 30.2 Å². The quantitative estimate of drug-likeness (QED) is 0.876. The van der Waals surface area contributed by atoms with Gasteiger partial charge in [-0.3, -0.25) is 0 Å². The maximum atomic E-state index is 5.71. The van der Waals surface area contributed by atoms with Gasteiger partial charge in [0.2, 0.25) is 0 Å². The van der Waals surface area contributed by atoms with Crippen molar-refractivity contribution in [2.75, 3.05) is 13.2 Å². The van der Waals surface area contributed by atoms with Crippen LogP contribution in [0.1, 0.15) is 44.7 Å². The number of nitrogens with one attached hydrogen (secondary N) is 1. The highest BCUT2D eigenvalue weighted by atomic mass is 16.5. The van der Waals surface area contributed by atoms with Crippen LogP contribution in [0.4, 0.5) is 0 Å². The molecule has 2 nitrogen and oxygen atoms in total. The van der Waals surface area contributed by atoms with Gasteiger partial charge in [-0.2, -0.15) is 0 Å². The molecule has 0 saturated heterocycles. The number of ether oxygens (including phenoxy) is 1. The van der Waals surface area contributed by atoms with E-state index in [4.69, 9.17) is 4.74 Å². The Hall–Kier alpha value is -1.02. The van der Waals surface area contributed by atoms with Crippen LogP contribution in [-0.4, -0.2) is 13.2 Å². The van der Waals surface area contributed by atoms with E-state index >= 15 is 0 Å². The summed E-state index contributed by atoms with van der Waals surface area (Å²) in [6.45, 7) is 6.70. The number of benzene rings is 1. The van der Waals surface area contributed by atoms with Gasteiger partial charge in [0, 0.05) is 24.6 Å². The third-order valence-electron chi connectivity index (χ3n) is 4.78. The molecule has 98 valence electrons. The Morgan fingerprint density at radius 1 is 1.33 bits per heavy atom. The largest absolute Gasteiger partial charge is 0.493 e. The first-order chi connectivity index (χ1) is 8.71. The number of hydrogen-bond donors (Lipinski definition) is 1. The van der Waals surface area contributed by atoms with Crippen LogP contribution in [0.15, 0.2) is 24.3 Å². The second kappa shape index (κ2) is 4.58. The number of para-hydroxylation sites is 1. The highest BCUT2D eigenvalue weighted by Crippen LogP contribution is 2.51. The van der Waals surface area contributed by atoms with Crippen LogP contribution in [0.3, 0.4) is 0 Å². The summed E-state index contributed by atoms with van der Waals surface area (Å²) in [5, 5.41) is 3.78. The minimum atomic E-state index is 0.478.